The van der Waals surface area contributed by atoms with E-state index in [0.717, 1.165) is 0 Å². The van der Waals surface area contributed by atoms with Gasteiger partial charge < -0.3 is 10.1 Å². The van der Waals surface area contributed by atoms with Crippen LogP contribution in [-0.4, -0.2) is 56.7 Å². The molecule has 2 bridgehead atoms. The molecular weight excluding hydrogens is 268 g/mol. The summed E-state index contributed by atoms with van der Waals surface area (Å²) in [5.74, 6) is 0.158. The molecule has 2 heterocycles. The number of hydrogen-bond acceptors (Lipinski definition) is 4. The predicted octanol–water partition coefficient (Wildman–Crippen LogP) is -0.192. The van der Waals surface area contributed by atoms with Crippen LogP contribution in [0, 0.1) is 11.8 Å². The zero-order valence-corrected chi connectivity index (χ0v) is 12.4. The Hall–Kier alpha value is -0.660. The van der Waals surface area contributed by atoms with Crippen molar-refractivity contribution < 1.29 is 17.9 Å². The van der Waals surface area contributed by atoms with Gasteiger partial charge in [-0.2, -0.15) is 4.31 Å². The Balaban J connectivity index is 1.98. The SMILES string of the molecule is CC(C)CNC(=O)[C@@H]1C[C@H]2CN(S(C)(=O)=O)C[C@@H]1O2. The van der Waals surface area contributed by atoms with Crippen molar-refractivity contribution in [1.82, 2.24) is 9.62 Å². The molecule has 0 aromatic rings. The van der Waals surface area contributed by atoms with Crippen LogP contribution in [0.4, 0.5) is 0 Å². The number of nitrogens with zero attached hydrogens (tertiary/aromatic N) is 1. The molecule has 6 nitrogen and oxygen atoms in total. The molecule has 2 rings (SSSR count). The number of carbonyl (C=O) groups excluding carboxylic acids is 1. The minimum absolute atomic E-state index is 0.0171. The number of carbonyl (C=O) groups is 1. The summed E-state index contributed by atoms with van der Waals surface area (Å²) >= 11 is 0. The zero-order valence-electron chi connectivity index (χ0n) is 11.6. The van der Waals surface area contributed by atoms with Crippen molar-refractivity contribution in [1.29, 1.82) is 0 Å². The molecule has 2 aliphatic heterocycles. The molecule has 0 aromatic heterocycles. The molecule has 1 amide bonds. The summed E-state index contributed by atoms with van der Waals surface area (Å²) in [6, 6.07) is 0. The van der Waals surface area contributed by atoms with E-state index in [1.807, 2.05) is 13.8 Å². The van der Waals surface area contributed by atoms with Gasteiger partial charge in [-0.1, -0.05) is 13.8 Å². The van der Waals surface area contributed by atoms with Gasteiger partial charge in [0.15, 0.2) is 0 Å². The van der Waals surface area contributed by atoms with Crippen LogP contribution in [0.15, 0.2) is 0 Å². The first kappa shape index (κ1) is 14.7. The van der Waals surface area contributed by atoms with Gasteiger partial charge in [0.2, 0.25) is 15.9 Å². The number of ether oxygens (including phenoxy) is 1. The summed E-state index contributed by atoms with van der Waals surface area (Å²) < 4.78 is 30.2. The highest BCUT2D eigenvalue weighted by Gasteiger charge is 2.46. The minimum Gasteiger partial charge on any atom is -0.371 e. The van der Waals surface area contributed by atoms with Crippen LogP contribution in [0.1, 0.15) is 20.3 Å². The molecule has 0 radical (unpaired) electrons. The second-order valence-corrected chi connectivity index (χ2v) is 7.84. The fourth-order valence-corrected chi connectivity index (χ4v) is 3.46. The van der Waals surface area contributed by atoms with E-state index in [1.54, 1.807) is 0 Å². The maximum absolute atomic E-state index is 12.1. The number of hydrogen-bond donors (Lipinski definition) is 1. The first-order chi connectivity index (χ1) is 8.77. The second-order valence-electron chi connectivity index (χ2n) is 5.86. The average Bonchev–Trinajstić information content (AvgIpc) is 2.59. The maximum Gasteiger partial charge on any atom is 0.225 e. The quantitative estimate of drug-likeness (QED) is 0.778. The van der Waals surface area contributed by atoms with Crippen molar-refractivity contribution >= 4 is 15.9 Å². The Morgan fingerprint density at radius 3 is 2.68 bits per heavy atom. The topological polar surface area (TPSA) is 75.7 Å². The van der Waals surface area contributed by atoms with Crippen molar-refractivity contribution in [3.8, 4) is 0 Å². The van der Waals surface area contributed by atoms with Gasteiger partial charge in [0.05, 0.1) is 24.4 Å². The third kappa shape index (κ3) is 3.46. The molecular formula is C12H22N2O4S. The summed E-state index contributed by atoms with van der Waals surface area (Å²) in [5, 5.41) is 2.90. The second kappa shape index (κ2) is 5.38. The van der Waals surface area contributed by atoms with E-state index < -0.39 is 10.0 Å². The Morgan fingerprint density at radius 1 is 1.42 bits per heavy atom. The van der Waals surface area contributed by atoms with Crippen LogP contribution in [0.25, 0.3) is 0 Å². The van der Waals surface area contributed by atoms with Gasteiger partial charge in [0.25, 0.3) is 0 Å². The molecule has 3 atom stereocenters. The van der Waals surface area contributed by atoms with Crippen molar-refractivity contribution in [2.45, 2.75) is 32.5 Å². The molecule has 0 saturated carbocycles. The Labute approximate surface area is 114 Å². The highest BCUT2D eigenvalue weighted by Crippen LogP contribution is 2.32. The smallest absolute Gasteiger partial charge is 0.225 e. The van der Waals surface area contributed by atoms with Crippen LogP contribution in [-0.2, 0) is 19.6 Å². The van der Waals surface area contributed by atoms with E-state index in [1.165, 1.54) is 10.6 Å². The van der Waals surface area contributed by atoms with Crippen molar-refractivity contribution in [3.63, 3.8) is 0 Å². The first-order valence-electron chi connectivity index (χ1n) is 6.65. The summed E-state index contributed by atoms with van der Waals surface area (Å²) in [6.45, 7) is 5.37. The van der Waals surface area contributed by atoms with Gasteiger partial charge in [-0.15, -0.1) is 0 Å². The number of sulfonamides is 1. The zero-order chi connectivity index (χ0) is 14.2. The number of amides is 1. The van der Waals surface area contributed by atoms with Crippen LogP contribution >= 0.6 is 0 Å². The summed E-state index contributed by atoms with van der Waals surface area (Å²) in [5.41, 5.74) is 0. The van der Waals surface area contributed by atoms with Gasteiger partial charge in [-0.3, -0.25) is 4.79 Å². The normalized spacial score (nSPS) is 31.7. The molecule has 110 valence electrons. The van der Waals surface area contributed by atoms with Crippen LogP contribution in [0.5, 0.6) is 0 Å². The average molecular weight is 290 g/mol. The van der Waals surface area contributed by atoms with Crippen molar-refractivity contribution in [2.75, 3.05) is 25.9 Å². The lowest BCUT2D eigenvalue weighted by Gasteiger charge is -2.30. The lowest BCUT2D eigenvalue weighted by atomic mass is 9.99. The van der Waals surface area contributed by atoms with E-state index in [4.69, 9.17) is 4.74 Å². The molecule has 0 aromatic carbocycles. The molecule has 19 heavy (non-hydrogen) atoms. The predicted molar refractivity (Wildman–Crippen MR) is 71.0 cm³/mol. The van der Waals surface area contributed by atoms with Crippen LogP contribution < -0.4 is 5.32 Å². The van der Waals surface area contributed by atoms with Gasteiger partial charge in [0, 0.05) is 19.6 Å². The minimum atomic E-state index is -3.20. The van der Waals surface area contributed by atoms with Crippen LogP contribution in [0.2, 0.25) is 0 Å². The lowest BCUT2D eigenvalue weighted by Crippen LogP contribution is -2.47. The van der Waals surface area contributed by atoms with E-state index in [-0.39, 0.29) is 30.6 Å². The molecule has 0 aliphatic carbocycles. The molecule has 2 fully saturated rings. The largest absolute Gasteiger partial charge is 0.371 e. The maximum atomic E-state index is 12.1. The summed E-state index contributed by atoms with van der Waals surface area (Å²) in [6.07, 6.45) is 1.36. The van der Waals surface area contributed by atoms with Gasteiger partial charge in [-0.05, 0) is 12.3 Å². The first-order valence-corrected chi connectivity index (χ1v) is 8.50. The number of rotatable bonds is 4. The molecule has 0 unspecified atom stereocenters. The standard InChI is InChI=1S/C12H22N2O4S/c1-8(2)5-13-12(15)10-4-9-6-14(19(3,16)17)7-11(10)18-9/h8-11H,4-7H2,1-3H3,(H,13,15)/t9-,10+,11-/m0/s1. The van der Waals surface area contributed by atoms with E-state index in [9.17, 15) is 13.2 Å². The Bertz CT molecular complexity index is 449. The van der Waals surface area contributed by atoms with E-state index >= 15 is 0 Å². The van der Waals surface area contributed by atoms with Gasteiger partial charge in [-0.25, -0.2) is 8.42 Å². The summed E-state index contributed by atoms with van der Waals surface area (Å²) in [4.78, 5) is 12.1. The third-order valence-electron chi connectivity index (χ3n) is 3.61. The molecule has 2 aliphatic rings. The highest BCUT2D eigenvalue weighted by atomic mass is 32.2. The molecule has 2 saturated heterocycles. The molecule has 0 spiro atoms. The fraction of sp³-hybridized carbons (Fsp3) is 0.917. The fourth-order valence-electron chi connectivity index (χ4n) is 2.61. The third-order valence-corrected chi connectivity index (χ3v) is 4.85. The molecule has 7 heteroatoms. The monoisotopic (exact) mass is 290 g/mol. The highest BCUT2D eigenvalue weighted by molar-refractivity contribution is 7.88. The van der Waals surface area contributed by atoms with Gasteiger partial charge >= 0.3 is 0 Å². The Kier molecular flexibility index (Phi) is 4.17. The number of morpholine rings is 1. The number of fused-ring (bicyclic) bond motifs is 2. The van der Waals surface area contributed by atoms with Crippen molar-refractivity contribution in [3.05, 3.63) is 0 Å². The molecule has 1 N–H and O–H groups in total. The summed E-state index contributed by atoms with van der Waals surface area (Å²) in [7, 11) is -3.20. The van der Waals surface area contributed by atoms with Crippen LogP contribution in [0.3, 0.4) is 0 Å². The lowest BCUT2D eigenvalue weighted by molar-refractivity contribution is -0.127. The number of nitrogens with one attached hydrogen (secondary N) is 1. The van der Waals surface area contributed by atoms with E-state index in [2.05, 4.69) is 5.32 Å². The van der Waals surface area contributed by atoms with Crippen molar-refractivity contribution in [2.24, 2.45) is 11.8 Å². The van der Waals surface area contributed by atoms with E-state index in [0.29, 0.717) is 25.4 Å². The Morgan fingerprint density at radius 2 is 2.11 bits per heavy atom. The van der Waals surface area contributed by atoms with Gasteiger partial charge in [0.1, 0.15) is 0 Å².